The molecular formula is C17H28N2O7S. The molecule has 2 atom stereocenters. The third-order valence-electron chi connectivity index (χ3n) is 3.41. The molecule has 27 heavy (non-hydrogen) atoms. The maximum absolute atomic E-state index is 12.1. The Hall–Kier alpha value is -2.10. The third-order valence-corrected chi connectivity index (χ3v) is 4.66. The van der Waals surface area contributed by atoms with Crippen LogP contribution in [0.5, 0.6) is 0 Å². The van der Waals surface area contributed by atoms with Crippen molar-refractivity contribution in [2.45, 2.75) is 63.5 Å². The number of rotatable bonds is 13. The second-order valence-electron chi connectivity index (χ2n) is 6.60. The first-order chi connectivity index (χ1) is 12.4. The maximum atomic E-state index is 12.1. The van der Waals surface area contributed by atoms with Gasteiger partial charge in [0.15, 0.2) is 5.78 Å². The van der Waals surface area contributed by atoms with Gasteiger partial charge in [-0.2, -0.15) is 0 Å². The largest absolute Gasteiger partial charge is 0.481 e. The molecule has 0 aliphatic rings. The maximum Gasteiger partial charge on any atom is 0.305 e. The van der Waals surface area contributed by atoms with Crippen LogP contribution in [0.1, 0.15) is 47.0 Å². The fourth-order valence-corrected chi connectivity index (χ4v) is 3.27. The Kier molecular flexibility index (Phi) is 11.4. The normalized spacial score (nSPS) is 13.1. The Balaban J connectivity index is 4.77. The second kappa shape index (κ2) is 12.3. The van der Waals surface area contributed by atoms with E-state index in [2.05, 4.69) is 10.6 Å². The first-order valence-corrected chi connectivity index (χ1v) is 9.58. The number of nitrogens with one attached hydrogen (secondary N) is 2. The van der Waals surface area contributed by atoms with Crippen molar-refractivity contribution in [2.24, 2.45) is 5.92 Å². The van der Waals surface area contributed by atoms with Gasteiger partial charge >= 0.3 is 11.9 Å². The van der Waals surface area contributed by atoms with Gasteiger partial charge in [-0.25, -0.2) is 0 Å². The van der Waals surface area contributed by atoms with E-state index < -0.39 is 41.6 Å². The second-order valence-corrected chi connectivity index (χ2v) is 8.38. The number of Topliss-reactive ketones (excluding diaryl/α,β-unsaturated/α-hetero) is 1. The summed E-state index contributed by atoms with van der Waals surface area (Å²) in [5, 5.41) is 21.7. The summed E-state index contributed by atoms with van der Waals surface area (Å²) in [5.41, 5.74) is 0. The molecule has 0 aromatic carbocycles. The molecule has 0 rings (SSSR count). The van der Waals surface area contributed by atoms with Gasteiger partial charge in [0.05, 0.1) is 24.3 Å². The Bertz CT molecular complexity index is 563. The summed E-state index contributed by atoms with van der Waals surface area (Å²) in [6.45, 7) is 6.50. The summed E-state index contributed by atoms with van der Waals surface area (Å²) < 4.78 is 0. The van der Waals surface area contributed by atoms with Gasteiger partial charge in [0.1, 0.15) is 0 Å². The van der Waals surface area contributed by atoms with E-state index in [0.29, 0.717) is 0 Å². The predicted octanol–water partition coefficient (Wildman–Crippen LogP) is 0.662. The van der Waals surface area contributed by atoms with Crippen LogP contribution in [0.15, 0.2) is 0 Å². The summed E-state index contributed by atoms with van der Waals surface area (Å²) in [7, 11) is 0. The molecule has 0 fully saturated rings. The van der Waals surface area contributed by atoms with Gasteiger partial charge < -0.3 is 20.8 Å². The molecule has 0 saturated carbocycles. The highest BCUT2D eigenvalue weighted by molar-refractivity contribution is 8.01. The van der Waals surface area contributed by atoms with Gasteiger partial charge in [0, 0.05) is 12.3 Å². The molecule has 9 nitrogen and oxygen atoms in total. The number of amides is 2. The highest BCUT2D eigenvalue weighted by Gasteiger charge is 2.26. The molecule has 4 N–H and O–H groups in total. The minimum atomic E-state index is -1.12. The van der Waals surface area contributed by atoms with Gasteiger partial charge in [0.2, 0.25) is 11.8 Å². The van der Waals surface area contributed by atoms with Crippen LogP contribution in [0.25, 0.3) is 0 Å². The smallest absolute Gasteiger partial charge is 0.305 e. The minimum Gasteiger partial charge on any atom is -0.481 e. The van der Waals surface area contributed by atoms with Crippen LogP contribution >= 0.6 is 11.8 Å². The molecule has 0 spiro atoms. The zero-order valence-electron chi connectivity index (χ0n) is 16.0. The van der Waals surface area contributed by atoms with E-state index in [9.17, 15) is 24.0 Å². The fourth-order valence-electron chi connectivity index (χ4n) is 2.17. The summed E-state index contributed by atoms with van der Waals surface area (Å²) in [5.74, 6) is -4.11. The first-order valence-electron chi connectivity index (χ1n) is 8.63. The molecule has 0 bridgehead atoms. The van der Waals surface area contributed by atoms with Gasteiger partial charge in [-0.1, -0.05) is 27.7 Å². The van der Waals surface area contributed by atoms with Crippen molar-refractivity contribution < 1.29 is 34.2 Å². The van der Waals surface area contributed by atoms with E-state index in [-0.39, 0.29) is 36.2 Å². The number of aliphatic carboxylic acids is 2. The number of hydrogen-bond donors (Lipinski definition) is 4. The van der Waals surface area contributed by atoms with Crippen LogP contribution in [0, 0.1) is 5.92 Å². The van der Waals surface area contributed by atoms with Gasteiger partial charge in [0.25, 0.3) is 0 Å². The lowest BCUT2D eigenvalue weighted by atomic mass is 9.98. The summed E-state index contributed by atoms with van der Waals surface area (Å²) >= 11 is 1.18. The number of carbonyl (C=O) groups excluding carboxylic acids is 3. The predicted molar refractivity (Wildman–Crippen MR) is 100 cm³/mol. The van der Waals surface area contributed by atoms with Crippen molar-refractivity contribution in [1.29, 1.82) is 0 Å². The summed E-state index contributed by atoms with van der Waals surface area (Å²) in [4.78, 5) is 57.9. The lowest BCUT2D eigenvalue weighted by Crippen LogP contribution is -2.48. The molecule has 0 saturated heterocycles. The van der Waals surface area contributed by atoms with Crippen LogP contribution < -0.4 is 10.6 Å². The van der Waals surface area contributed by atoms with Crippen LogP contribution in [0.4, 0.5) is 0 Å². The van der Waals surface area contributed by atoms with Gasteiger partial charge in [-0.05, 0) is 11.7 Å². The van der Waals surface area contributed by atoms with Crippen LogP contribution in [0.2, 0.25) is 0 Å². The number of thioether (sulfide) groups is 1. The van der Waals surface area contributed by atoms with Gasteiger partial charge in [-0.15, -0.1) is 11.8 Å². The zero-order valence-corrected chi connectivity index (χ0v) is 16.8. The summed E-state index contributed by atoms with van der Waals surface area (Å²) in [6, 6.07) is -0.953. The van der Waals surface area contributed by atoms with Crippen LogP contribution in [-0.4, -0.2) is 62.8 Å². The van der Waals surface area contributed by atoms with Crippen molar-refractivity contribution in [3.63, 3.8) is 0 Å². The Labute approximate surface area is 162 Å². The third kappa shape index (κ3) is 11.3. The fraction of sp³-hybridized carbons (Fsp3) is 0.706. The number of carbonyl (C=O) groups is 5. The summed E-state index contributed by atoms with van der Waals surface area (Å²) in [6.07, 6.45) is -0.693. The van der Waals surface area contributed by atoms with E-state index >= 15 is 0 Å². The number of carboxylic acids is 2. The monoisotopic (exact) mass is 404 g/mol. The molecular weight excluding hydrogens is 376 g/mol. The molecule has 154 valence electrons. The van der Waals surface area contributed by atoms with E-state index in [1.54, 1.807) is 13.8 Å². The van der Waals surface area contributed by atoms with Crippen molar-refractivity contribution in [3.05, 3.63) is 0 Å². The molecule has 1 unspecified atom stereocenters. The van der Waals surface area contributed by atoms with Crippen LogP contribution in [-0.2, 0) is 24.0 Å². The average Bonchev–Trinajstić information content (AvgIpc) is 2.53. The molecule has 2 amide bonds. The number of carboxylic acid groups (broad SMARTS) is 2. The van der Waals surface area contributed by atoms with Crippen molar-refractivity contribution in [1.82, 2.24) is 10.6 Å². The van der Waals surface area contributed by atoms with Crippen molar-refractivity contribution >= 4 is 41.3 Å². The molecule has 0 aromatic rings. The van der Waals surface area contributed by atoms with Gasteiger partial charge in [-0.3, -0.25) is 24.0 Å². The molecule has 10 heteroatoms. The van der Waals surface area contributed by atoms with Crippen molar-refractivity contribution in [2.75, 3.05) is 6.54 Å². The molecule has 0 radical (unpaired) electrons. The van der Waals surface area contributed by atoms with E-state index in [0.717, 1.165) is 0 Å². The molecule has 0 aliphatic carbocycles. The number of hydrogen-bond acceptors (Lipinski definition) is 6. The Morgan fingerprint density at radius 2 is 1.56 bits per heavy atom. The Morgan fingerprint density at radius 3 is 2.00 bits per heavy atom. The quantitative estimate of drug-likeness (QED) is 0.350. The zero-order chi connectivity index (χ0) is 21.1. The molecule has 0 heterocycles. The standard InChI is InChI=1S/C17H28N2O7S/c1-9(2)16(25)11(5-6-14(21)22)19-13(20)8-18-17(26)12(7-15(23)24)27-10(3)4/h9-12H,5-8H2,1-4H3,(H,18,26)(H,19,20)(H,21,22)(H,23,24)/t11-,12?/m0/s1. The minimum absolute atomic E-state index is 0.0259. The highest BCUT2D eigenvalue weighted by atomic mass is 32.2. The lowest BCUT2D eigenvalue weighted by molar-refractivity contribution is -0.139. The topological polar surface area (TPSA) is 150 Å². The average molecular weight is 404 g/mol. The lowest BCUT2D eigenvalue weighted by Gasteiger charge is -2.20. The Morgan fingerprint density at radius 1 is 0.963 bits per heavy atom. The SMILES string of the molecule is CC(C)SC(CC(=O)O)C(=O)NCC(=O)N[C@@H](CCC(=O)O)C(=O)C(C)C. The van der Waals surface area contributed by atoms with E-state index in [4.69, 9.17) is 10.2 Å². The molecule has 0 aliphatic heterocycles. The number of ketones is 1. The highest BCUT2D eigenvalue weighted by Crippen LogP contribution is 2.20. The van der Waals surface area contributed by atoms with Crippen molar-refractivity contribution in [3.8, 4) is 0 Å². The van der Waals surface area contributed by atoms with E-state index in [1.807, 2.05) is 13.8 Å². The van der Waals surface area contributed by atoms with Crippen LogP contribution in [0.3, 0.4) is 0 Å². The van der Waals surface area contributed by atoms with E-state index in [1.165, 1.54) is 11.8 Å². The molecule has 0 aromatic heterocycles. The first kappa shape index (κ1) is 24.9.